The van der Waals surface area contributed by atoms with Crippen molar-refractivity contribution in [1.29, 1.82) is 0 Å². The summed E-state index contributed by atoms with van der Waals surface area (Å²) in [4.78, 5) is 29.8. The van der Waals surface area contributed by atoms with Gasteiger partial charge in [0.2, 0.25) is 0 Å². The minimum atomic E-state index is -0.132. The van der Waals surface area contributed by atoms with Crippen molar-refractivity contribution in [1.82, 2.24) is 18.8 Å². The zero-order valence-electron chi connectivity index (χ0n) is 17.0. The first-order valence-electron chi connectivity index (χ1n) is 11.5. The first-order valence-corrected chi connectivity index (χ1v) is 11.5. The van der Waals surface area contributed by atoms with Gasteiger partial charge < -0.3 is 0 Å². The lowest BCUT2D eigenvalue weighted by Gasteiger charge is -2.45. The molecular formula is C25H22N4O2. The molecule has 4 saturated carbocycles. The van der Waals surface area contributed by atoms with Crippen LogP contribution in [0.25, 0.3) is 5.69 Å². The molecule has 2 spiro atoms. The standard InChI is InChI=1S/C25H22N4O2/c30-22-27(15-9-5-2-6-10-15)23(31)29-21-18-16-17(18)20(28(22)29)24-12-26(13-25(21,24)19(16)24)11-14-7-3-1-4-8-14/h1-10,16-21H,11-13H2/t16?,17-,18+,19?,20-,21-,24-,25+/m0/s1. The van der Waals surface area contributed by atoms with Gasteiger partial charge >= 0.3 is 11.4 Å². The Labute approximate surface area is 178 Å². The molecule has 31 heavy (non-hydrogen) atoms. The van der Waals surface area contributed by atoms with E-state index in [4.69, 9.17) is 0 Å². The molecule has 4 heterocycles. The van der Waals surface area contributed by atoms with E-state index < -0.39 is 0 Å². The number of rotatable bonds is 3. The molecular weight excluding hydrogens is 388 g/mol. The Morgan fingerprint density at radius 3 is 1.87 bits per heavy atom. The molecule has 2 aromatic carbocycles. The molecule has 10 rings (SSSR count). The summed E-state index contributed by atoms with van der Waals surface area (Å²) in [6, 6.07) is 20.5. The van der Waals surface area contributed by atoms with Crippen molar-refractivity contribution in [3.05, 3.63) is 87.2 Å². The molecule has 6 nitrogen and oxygen atoms in total. The second-order valence-corrected chi connectivity index (χ2v) is 10.7. The smallest absolute Gasteiger partial charge is 0.298 e. The van der Waals surface area contributed by atoms with Gasteiger partial charge in [-0.2, -0.15) is 0 Å². The maximum absolute atomic E-state index is 13.6. The molecule has 0 N–H and O–H groups in total. The molecule has 2 unspecified atom stereocenters. The van der Waals surface area contributed by atoms with Gasteiger partial charge in [0.15, 0.2) is 0 Å². The van der Waals surface area contributed by atoms with Gasteiger partial charge in [-0.3, -0.25) is 4.90 Å². The molecule has 0 amide bonds. The number of para-hydroxylation sites is 1. The quantitative estimate of drug-likeness (QED) is 0.663. The van der Waals surface area contributed by atoms with Crippen LogP contribution in [0.3, 0.4) is 0 Å². The number of piperidine rings is 1. The summed E-state index contributed by atoms with van der Waals surface area (Å²) in [6.45, 7) is 3.11. The Morgan fingerprint density at radius 2 is 1.29 bits per heavy atom. The summed E-state index contributed by atoms with van der Waals surface area (Å²) < 4.78 is 5.24. The lowest BCUT2D eigenvalue weighted by atomic mass is 9.73. The van der Waals surface area contributed by atoms with Crippen molar-refractivity contribution in [2.75, 3.05) is 13.1 Å². The van der Waals surface area contributed by atoms with Gasteiger partial charge in [-0.05, 0) is 41.4 Å². The lowest BCUT2D eigenvalue weighted by Crippen LogP contribution is -2.52. The van der Waals surface area contributed by atoms with Crippen LogP contribution < -0.4 is 11.4 Å². The highest BCUT2D eigenvalue weighted by atomic mass is 16.2. The van der Waals surface area contributed by atoms with E-state index in [9.17, 15) is 9.59 Å². The van der Waals surface area contributed by atoms with Crippen LogP contribution >= 0.6 is 0 Å². The van der Waals surface area contributed by atoms with Crippen LogP contribution in [0.15, 0.2) is 70.3 Å². The highest BCUT2D eigenvalue weighted by Crippen LogP contribution is 3.03. The summed E-state index contributed by atoms with van der Waals surface area (Å²) >= 11 is 0. The minimum Gasteiger partial charge on any atom is -0.298 e. The van der Waals surface area contributed by atoms with Crippen LogP contribution in [0.4, 0.5) is 0 Å². The number of benzene rings is 2. The number of hydrogen-bond donors (Lipinski definition) is 0. The number of hydrogen-bond acceptors (Lipinski definition) is 3. The molecule has 6 heteroatoms. The van der Waals surface area contributed by atoms with Crippen molar-refractivity contribution in [3.63, 3.8) is 0 Å². The van der Waals surface area contributed by atoms with Crippen LogP contribution in [0.5, 0.6) is 0 Å². The van der Waals surface area contributed by atoms with Gasteiger partial charge in [0, 0.05) is 30.5 Å². The van der Waals surface area contributed by atoms with Crippen LogP contribution in [0.1, 0.15) is 17.6 Å². The van der Waals surface area contributed by atoms with E-state index in [1.807, 2.05) is 39.7 Å². The third-order valence-electron chi connectivity index (χ3n) is 10.0. The van der Waals surface area contributed by atoms with Crippen LogP contribution in [0.2, 0.25) is 0 Å². The Balaban J connectivity index is 1.20. The molecule has 154 valence electrons. The van der Waals surface area contributed by atoms with Crippen molar-refractivity contribution in [3.8, 4) is 5.69 Å². The van der Waals surface area contributed by atoms with E-state index in [1.165, 1.54) is 10.1 Å². The largest absolute Gasteiger partial charge is 0.352 e. The van der Waals surface area contributed by atoms with Gasteiger partial charge in [0.05, 0.1) is 17.8 Å². The molecule has 5 fully saturated rings. The maximum atomic E-state index is 13.6. The SMILES string of the molecule is O=c1n(-c2ccccc2)c(=O)n2n1[C@H]1[C@H]3C4C5[C@@]16CN(Cc1ccccc1)C[C@]56[C@@H]2[C@H]43. The summed E-state index contributed by atoms with van der Waals surface area (Å²) in [5.74, 6) is 2.73. The van der Waals surface area contributed by atoms with Gasteiger partial charge in [-0.25, -0.2) is 23.5 Å². The maximum Gasteiger partial charge on any atom is 0.352 e. The van der Waals surface area contributed by atoms with E-state index in [0.29, 0.717) is 17.5 Å². The average molecular weight is 410 g/mol. The summed E-state index contributed by atoms with van der Waals surface area (Å²) in [6.07, 6.45) is 0. The van der Waals surface area contributed by atoms with E-state index in [2.05, 4.69) is 35.2 Å². The van der Waals surface area contributed by atoms with Crippen molar-refractivity contribution >= 4 is 0 Å². The molecule has 1 saturated heterocycles. The topological polar surface area (TPSA) is 52.2 Å². The fourth-order valence-electron chi connectivity index (χ4n) is 9.61. The molecule has 2 bridgehead atoms. The second kappa shape index (κ2) is 4.51. The summed E-state index contributed by atoms with van der Waals surface area (Å²) in [7, 11) is 0. The van der Waals surface area contributed by atoms with Gasteiger partial charge in [0.1, 0.15) is 0 Å². The third-order valence-corrected chi connectivity index (χ3v) is 10.0. The minimum absolute atomic E-state index is 0.132. The highest BCUT2D eigenvalue weighted by Gasteiger charge is 3.04. The molecule has 3 aliphatic heterocycles. The first-order chi connectivity index (χ1) is 15.2. The van der Waals surface area contributed by atoms with E-state index in [0.717, 1.165) is 31.5 Å². The highest BCUT2D eigenvalue weighted by molar-refractivity contribution is 5.51. The lowest BCUT2D eigenvalue weighted by molar-refractivity contribution is 0.0280. The monoisotopic (exact) mass is 410 g/mol. The van der Waals surface area contributed by atoms with Crippen molar-refractivity contribution in [2.24, 2.45) is 34.5 Å². The number of aromatic nitrogens is 3. The normalized spacial score (nSPS) is 43.7. The van der Waals surface area contributed by atoms with Crippen LogP contribution in [-0.2, 0) is 6.54 Å². The van der Waals surface area contributed by atoms with E-state index in [-0.39, 0.29) is 34.3 Å². The predicted molar refractivity (Wildman–Crippen MR) is 113 cm³/mol. The number of nitrogens with zero attached hydrogens (tertiary/aromatic N) is 4. The molecule has 0 radical (unpaired) electrons. The fraction of sp³-hybridized carbons (Fsp3) is 0.440. The first kappa shape index (κ1) is 15.9. The Bertz CT molecular complexity index is 1360. The molecule has 3 aromatic rings. The third kappa shape index (κ3) is 1.36. The van der Waals surface area contributed by atoms with Crippen LogP contribution in [-0.4, -0.2) is 31.9 Å². The van der Waals surface area contributed by atoms with Gasteiger partial charge in [0.25, 0.3) is 0 Å². The summed E-state index contributed by atoms with van der Waals surface area (Å²) in [5, 5.41) is 0. The zero-order valence-corrected chi connectivity index (χ0v) is 17.0. The predicted octanol–water partition coefficient (Wildman–Crippen LogP) is 1.90. The zero-order chi connectivity index (χ0) is 20.3. The summed E-state index contributed by atoms with van der Waals surface area (Å²) in [5.41, 5.74) is 2.21. The Hall–Kier alpha value is -2.86. The van der Waals surface area contributed by atoms with Gasteiger partial charge in [-0.1, -0.05) is 48.5 Å². The van der Waals surface area contributed by atoms with Gasteiger partial charge in [-0.15, -0.1) is 0 Å². The molecule has 7 aliphatic rings. The van der Waals surface area contributed by atoms with Crippen molar-refractivity contribution < 1.29 is 0 Å². The molecule has 1 aromatic heterocycles. The fourth-order valence-corrected chi connectivity index (χ4v) is 9.61. The average Bonchev–Trinajstić information content (AvgIpc) is 3.40. The molecule has 8 atom stereocenters. The van der Waals surface area contributed by atoms with E-state index >= 15 is 0 Å². The Kier molecular flexibility index (Phi) is 2.31. The molecule has 4 aliphatic carbocycles. The van der Waals surface area contributed by atoms with Crippen molar-refractivity contribution in [2.45, 2.75) is 18.6 Å². The van der Waals surface area contributed by atoms with Crippen LogP contribution in [0, 0.1) is 34.5 Å². The second-order valence-electron chi connectivity index (χ2n) is 10.7. The van der Waals surface area contributed by atoms with E-state index in [1.54, 1.807) is 0 Å². The Morgan fingerprint density at radius 1 is 0.742 bits per heavy atom. The number of likely N-dealkylation sites (tertiary alicyclic amines) is 1.